The number of fused-ring (bicyclic) bond motifs is 3. The van der Waals surface area contributed by atoms with Gasteiger partial charge in [0.2, 0.25) is 0 Å². The second-order valence-corrected chi connectivity index (χ2v) is 8.09. The Hall–Kier alpha value is -0.520. The molecule has 2 unspecified atom stereocenters. The van der Waals surface area contributed by atoms with E-state index in [0.29, 0.717) is 10.8 Å². The third-order valence-corrected chi connectivity index (χ3v) is 6.78. The Kier molecular flexibility index (Phi) is 3.19. The van der Waals surface area contributed by atoms with Crippen LogP contribution in [0.4, 0.5) is 0 Å². The summed E-state index contributed by atoms with van der Waals surface area (Å²) in [5, 5.41) is 0. The summed E-state index contributed by atoms with van der Waals surface area (Å²) < 4.78 is 0. The lowest BCUT2D eigenvalue weighted by molar-refractivity contribution is 0.0398. The minimum Gasteiger partial charge on any atom is -0.103 e. The molecule has 0 heterocycles. The Balaban J connectivity index is 1.93. The molecule has 0 N–H and O–H groups in total. The van der Waals surface area contributed by atoms with Crippen molar-refractivity contribution in [3.63, 3.8) is 0 Å². The maximum Gasteiger partial charge on any atom is -0.00828 e. The summed E-state index contributed by atoms with van der Waals surface area (Å²) in [5.74, 6) is 2.74. The average molecular weight is 258 g/mol. The fraction of sp³-hybridized carbons (Fsp3) is 0.789. The van der Waals surface area contributed by atoms with E-state index in [4.69, 9.17) is 0 Å². The van der Waals surface area contributed by atoms with E-state index < -0.39 is 0 Å². The molecule has 0 aliphatic heterocycles. The minimum atomic E-state index is 0.359. The summed E-state index contributed by atoms with van der Waals surface area (Å²) in [6, 6.07) is 0. The van der Waals surface area contributed by atoms with Crippen molar-refractivity contribution in [2.24, 2.45) is 28.6 Å². The zero-order chi connectivity index (χ0) is 13.7. The molecule has 19 heavy (non-hydrogen) atoms. The van der Waals surface area contributed by atoms with Crippen molar-refractivity contribution in [3.05, 3.63) is 24.3 Å². The Morgan fingerprint density at radius 3 is 2.79 bits per heavy atom. The number of hydrogen-bond acceptors (Lipinski definition) is 0. The minimum absolute atomic E-state index is 0.359. The quantitative estimate of drug-likeness (QED) is 0.525. The van der Waals surface area contributed by atoms with Gasteiger partial charge in [0.15, 0.2) is 0 Å². The topological polar surface area (TPSA) is 0 Å². The maximum atomic E-state index is 4.08. The van der Waals surface area contributed by atoms with E-state index in [9.17, 15) is 0 Å². The third-order valence-electron chi connectivity index (χ3n) is 6.78. The highest BCUT2D eigenvalue weighted by Gasteiger charge is 2.49. The van der Waals surface area contributed by atoms with Gasteiger partial charge in [-0.2, -0.15) is 0 Å². The van der Waals surface area contributed by atoms with Crippen LogP contribution in [-0.2, 0) is 0 Å². The lowest BCUT2D eigenvalue weighted by atomic mass is 9.50. The van der Waals surface area contributed by atoms with Gasteiger partial charge in [0, 0.05) is 0 Å². The van der Waals surface area contributed by atoms with E-state index in [1.54, 1.807) is 0 Å². The summed E-state index contributed by atoms with van der Waals surface area (Å²) >= 11 is 0. The highest BCUT2D eigenvalue weighted by molar-refractivity contribution is 5.27. The van der Waals surface area contributed by atoms with Gasteiger partial charge < -0.3 is 0 Å². The van der Waals surface area contributed by atoms with E-state index in [0.717, 1.165) is 17.8 Å². The van der Waals surface area contributed by atoms with Crippen LogP contribution in [0.5, 0.6) is 0 Å². The molecule has 0 heteroatoms. The van der Waals surface area contributed by atoms with E-state index in [1.807, 2.05) is 5.57 Å². The van der Waals surface area contributed by atoms with Crippen LogP contribution in [0.1, 0.15) is 65.7 Å². The molecule has 0 spiro atoms. The van der Waals surface area contributed by atoms with Gasteiger partial charge in [-0.3, -0.25) is 0 Å². The summed E-state index contributed by atoms with van der Waals surface area (Å²) in [6.07, 6.45) is 14.6. The van der Waals surface area contributed by atoms with Crippen LogP contribution in [0, 0.1) is 28.6 Å². The van der Waals surface area contributed by atoms with Crippen molar-refractivity contribution in [2.75, 3.05) is 0 Å². The Labute approximate surface area is 119 Å². The van der Waals surface area contributed by atoms with Gasteiger partial charge in [0.25, 0.3) is 0 Å². The van der Waals surface area contributed by atoms with Crippen molar-refractivity contribution >= 4 is 0 Å². The molecule has 3 rings (SSSR count). The Morgan fingerprint density at radius 2 is 2.05 bits per heavy atom. The third kappa shape index (κ3) is 2.03. The molecule has 0 radical (unpaired) electrons. The number of hydrogen-bond donors (Lipinski definition) is 0. The largest absolute Gasteiger partial charge is 0.103 e. The highest BCUT2D eigenvalue weighted by atomic mass is 14.5. The normalized spacial score (nSPS) is 49.8. The summed E-state index contributed by atoms with van der Waals surface area (Å²) in [5.41, 5.74) is 2.73. The fourth-order valence-electron chi connectivity index (χ4n) is 5.54. The first kappa shape index (κ1) is 13.5. The molecule has 106 valence electrons. The average Bonchev–Trinajstić information content (AvgIpc) is 2.38. The second-order valence-electron chi connectivity index (χ2n) is 8.09. The number of allylic oxidation sites excluding steroid dienone is 3. The molecule has 2 saturated carbocycles. The van der Waals surface area contributed by atoms with Crippen LogP contribution >= 0.6 is 0 Å². The van der Waals surface area contributed by atoms with Gasteiger partial charge >= 0.3 is 0 Å². The van der Waals surface area contributed by atoms with Gasteiger partial charge in [-0.1, -0.05) is 51.3 Å². The molecule has 5 atom stereocenters. The predicted octanol–water partition coefficient (Wildman–Crippen LogP) is 5.75. The molecule has 0 saturated heterocycles. The first-order chi connectivity index (χ1) is 8.98. The number of rotatable bonds is 1. The Morgan fingerprint density at radius 1 is 1.26 bits per heavy atom. The molecule has 2 fully saturated rings. The van der Waals surface area contributed by atoms with Crippen LogP contribution in [0.15, 0.2) is 24.3 Å². The van der Waals surface area contributed by atoms with E-state index >= 15 is 0 Å². The molecular formula is C19H30. The van der Waals surface area contributed by atoms with Gasteiger partial charge in [-0.15, -0.1) is 6.58 Å². The highest BCUT2D eigenvalue weighted by Crippen LogP contribution is 2.60. The molecule has 3 aliphatic carbocycles. The zero-order valence-electron chi connectivity index (χ0n) is 13.0. The summed E-state index contributed by atoms with van der Waals surface area (Å²) in [4.78, 5) is 0. The molecule has 0 amide bonds. The van der Waals surface area contributed by atoms with Crippen molar-refractivity contribution in [2.45, 2.75) is 65.7 Å². The van der Waals surface area contributed by atoms with Gasteiger partial charge in [0.1, 0.15) is 0 Å². The first-order valence-corrected chi connectivity index (χ1v) is 8.33. The van der Waals surface area contributed by atoms with E-state index in [-0.39, 0.29) is 0 Å². The smallest absolute Gasteiger partial charge is 0.00828 e. The predicted molar refractivity (Wildman–Crippen MR) is 83.0 cm³/mol. The Bertz CT molecular complexity index is 404. The first-order valence-electron chi connectivity index (χ1n) is 8.33. The van der Waals surface area contributed by atoms with Crippen LogP contribution in [0.2, 0.25) is 0 Å². The lowest BCUT2D eigenvalue weighted by Crippen LogP contribution is -2.45. The maximum absolute atomic E-state index is 4.08. The van der Waals surface area contributed by atoms with E-state index in [1.165, 1.54) is 44.9 Å². The van der Waals surface area contributed by atoms with Crippen molar-refractivity contribution in [1.29, 1.82) is 0 Å². The molecule has 0 nitrogen and oxygen atoms in total. The van der Waals surface area contributed by atoms with Gasteiger partial charge in [0.05, 0.1) is 0 Å². The molecule has 3 aliphatic rings. The summed E-state index contributed by atoms with van der Waals surface area (Å²) in [7, 11) is 0. The summed E-state index contributed by atoms with van der Waals surface area (Å²) in [6.45, 7) is 11.6. The molecule has 0 bridgehead atoms. The van der Waals surface area contributed by atoms with Crippen molar-refractivity contribution in [1.82, 2.24) is 0 Å². The van der Waals surface area contributed by atoms with E-state index in [2.05, 4.69) is 39.5 Å². The molecule has 0 aromatic heterocycles. The SMILES string of the molecule is C=C[C@@]1(C)CC=C2C(CCC3[C@@H](C)CCC[C@@]23C)C1. The molecule has 0 aromatic rings. The lowest BCUT2D eigenvalue weighted by Gasteiger charge is -2.55. The molecular weight excluding hydrogens is 228 g/mol. The molecule has 0 aromatic carbocycles. The van der Waals surface area contributed by atoms with Crippen molar-refractivity contribution in [3.8, 4) is 0 Å². The van der Waals surface area contributed by atoms with Crippen molar-refractivity contribution < 1.29 is 0 Å². The van der Waals surface area contributed by atoms with Crippen LogP contribution in [0.3, 0.4) is 0 Å². The van der Waals surface area contributed by atoms with Crippen LogP contribution in [0.25, 0.3) is 0 Å². The zero-order valence-corrected chi connectivity index (χ0v) is 13.0. The fourth-order valence-corrected chi connectivity index (χ4v) is 5.54. The van der Waals surface area contributed by atoms with Gasteiger partial charge in [-0.05, 0) is 60.7 Å². The van der Waals surface area contributed by atoms with Gasteiger partial charge in [-0.25, -0.2) is 0 Å². The van der Waals surface area contributed by atoms with Crippen LogP contribution < -0.4 is 0 Å². The standard InChI is InChI=1S/C19H30/c1-5-18(3)12-10-17-15(13-18)8-9-16-14(2)7-6-11-19(16,17)4/h5,10,14-16H,1,6-9,11-13H2,2-4H3/t14-,15?,16?,18-,19+/m0/s1. The monoisotopic (exact) mass is 258 g/mol. The van der Waals surface area contributed by atoms with Crippen LogP contribution in [-0.4, -0.2) is 0 Å². The second kappa shape index (κ2) is 4.50.